The van der Waals surface area contributed by atoms with Crippen molar-refractivity contribution in [2.45, 2.75) is 0 Å². The first kappa shape index (κ1) is 14.8. The second-order valence-corrected chi connectivity index (χ2v) is 4.94. The summed E-state index contributed by atoms with van der Waals surface area (Å²) in [6, 6.07) is 14.0. The first-order valence-corrected chi connectivity index (χ1v) is 6.95. The topological polar surface area (TPSA) is 86.3 Å². The van der Waals surface area contributed by atoms with Crippen LogP contribution in [0.25, 0.3) is 10.9 Å². The molecule has 0 spiro atoms. The molecule has 3 rings (SSSR count). The molecule has 3 N–H and O–H groups in total. The van der Waals surface area contributed by atoms with Gasteiger partial charge in [0.15, 0.2) is 0 Å². The average Bonchev–Trinajstić information content (AvgIpc) is 3.00. The summed E-state index contributed by atoms with van der Waals surface area (Å²) in [6.07, 6.45) is 1.49. The molecule has 0 bridgehead atoms. The van der Waals surface area contributed by atoms with Crippen molar-refractivity contribution in [3.8, 4) is 5.75 Å². The van der Waals surface area contributed by atoms with E-state index in [0.29, 0.717) is 27.8 Å². The van der Waals surface area contributed by atoms with Crippen LogP contribution in [-0.4, -0.2) is 23.5 Å². The second kappa shape index (κ2) is 5.94. The summed E-state index contributed by atoms with van der Waals surface area (Å²) in [4.78, 5) is 24.7. The van der Waals surface area contributed by atoms with Gasteiger partial charge in [-0.2, -0.15) is 0 Å². The van der Waals surface area contributed by atoms with E-state index >= 15 is 0 Å². The largest absolute Gasteiger partial charge is 0.497 e. The highest BCUT2D eigenvalue weighted by Crippen LogP contribution is 2.23. The van der Waals surface area contributed by atoms with E-state index in [1.54, 1.807) is 49.6 Å². The van der Waals surface area contributed by atoms with Gasteiger partial charge < -0.3 is 4.74 Å². The van der Waals surface area contributed by atoms with E-state index in [9.17, 15) is 9.59 Å². The monoisotopic (exact) mass is 309 g/mol. The number of ether oxygens (including phenoxy) is 1. The standard InChI is InChI=1S/C17H15N3O3/c1-23-12-6-4-5-11(9-12)17(22)20-10-14(16(21)19-18)13-7-2-3-8-15(13)20/h2-10H,18H2,1H3,(H,19,21). The maximum Gasteiger partial charge on any atom is 0.267 e. The van der Waals surface area contributed by atoms with Gasteiger partial charge in [-0.05, 0) is 24.3 Å². The maximum atomic E-state index is 12.8. The van der Waals surface area contributed by atoms with Crippen LogP contribution >= 0.6 is 0 Å². The zero-order valence-corrected chi connectivity index (χ0v) is 12.4. The van der Waals surface area contributed by atoms with Crippen molar-refractivity contribution in [3.63, 3.8) is 0 Å². The fourth-order valence-corrected chi connectivity index (χ4v) is 2.50. The van der Waals surface area contributed by atoms with Gasteiger partial charge in [0, 0.05) is 17.1 Å². The van der Waals surface area contributed by atoms with E-state index < -0.39 is 5.91 Å². The Kier molecular flexibility index (Phi) is 3.82. The van der Waals surface area contributed by atoms with Crippen LogP contribution in [0.15, 0.2) is 54.7 Å². The molecule has 0 fully saturated rings. The number of hydrogen-bond donors (Lipinski definition) is 2. The molecule has 2 aromatic carbocycles. The highest BCUT2D eigenvalue weighted by atomic mass is 16.5. The van der Waals surface area contributed by atoms with Crippen LogP contribution in [0.2, 0.25) is 0 Å². The van der Waals surface area contributed by atoms with Gasteiger partial charge in [-0.15, -0.1) is 0 Å². The van der Waals surface area contributed by atoms with E-state index in [-0.39, 0.29) is 5.91 Å². The minimum atomic E-state index is -0.446. The number of hydrazine groups is 1. The number of methoxy groups -OCH3 is 1. The predicted octanol–water partition coefficient (Wildman–Crippen LogP) is 1.94. The fraction of sp³-hybridized carbons (Fsp3) is 0.0588. The number of amides is 1. The summed E-state index contributed by atoms with van der Waals surface area (Å²) in [5.41, 5.74) is 3.55. The molecule has 1 amide bonds. The van der Waals surface area contributed by atoms with Crippen molar-refractivity contribution in [2.75, 3.05) is 7.11 Å². The molecule has 0 aliphatic rings. The van der Waals surface area contributed by atoms with Crippen LogP contribution in [0, 0.1) is 0 Å². The number of nitrogens with two attached hydrogens (primary N) is 1. The predicted molar refractivity (Wildman–Crippen MR) is 86.3 cm³/mol. The van der Waals surface area contributed by atoms with Crippen molar-refractivity contribution >= 4 is 22.7 Å². The number of rotatable bonds is 3. The average molecular weight is 309 g/mol. The lowest BCUT2D eigenvalue weighted by Gasteiger charge is -2.06. The highest BCUT2D eigenvalue weighted by molar-refractivity contribution is 6.11. The Balaban J connectivity index is 2.15. The van der Waals surface area contributed by atoms with Gasteiger partial charge in [0.25, 0.3) is 11.8 Å². The molecule has 6 nitrogen and oxygen atoms in total. The van der Waals surface area contributed by atoms with E-state index in [0.717, 1.165) is 0 Å². The van der Waals surface area contributed by atoms with Gasteiger partial charge in [0.2, 0.25) is 0 Å². The third kappa shape index (κ3) is 2.56. The molecule has 0 aliphatic carbocycles. The Labute approximate surface area is 132 Å². The molecule has 23 heavy (non-hydrogen) atoms. The van der Waals surface area contributed by atoms with Crippen molar-refractivity contribution in [1.82, 2.24) is 9.99 Å². The molecule has 3 aromatic rings. The molecular formula is C17H15N3O3. The van der Waals surface area contributed by atoms with Crippen LogP contribution in [0.4, 0.5) is 0 Å². The van der Waals surface area contributed by atoms with Gasteiger partial charge in [0.1, 0.15) is 5.75 Å². The van der Waals surface area contributed by atoms with Crippen molar-refractivity contribution < 1.29 is 14.3 Å². The molecule has 6 heteroatoms. The molecule has 1 heterocycles. The third-order valence-corrected chi connectivity index (χ3v) is 3.62. The van der Waals surface area contributed by atoms with E-state index in [1.165, 1.54) is 10.8 Å². The number of nitrogen functional groups attached to an aromatic ring is 1. The lowest BCUT2D eigenvalue weighted by molar-refractivity contribution is 0.0955. The second-order valence-electron chi connectivity index (χ2n) is 4.94. The van der Waals surface area contributed by atoms with Gasteiger partial charge in [0.05, 0.1) is 18.2 Å². The van der Waals surface area contributed by atoms with E-state index in [2.05, 4.69) is 5.43 Å². The number of nitrogens with zero attached hydrogens (tertiary/aromatic N) is 1. The van der Waals surface area contributed by atoms with Gasteiger partial charge >= 0.3 is 0 Å². The molecule has 0 unspecified atom stereocenters. The minimum absolute atomic E-state index is 0.254. The van der Waals surface area contributed by atoms with Crippen molar-refractivity contribution in [3.05, 3.63) is 65.9 Å². The summed E-state index contributed by atoms with van der Waals surface area (Å²) in [5.74, 6) is 5.11. The summed E-state index contributed by atoms with van der Waals surface area (Å²) < 4.78 is 6.59. The van der Waals surface area contributed by atoms with Gasteiger partial charge in [-0.25, -0.2) is 5.84 Å². The number of aromatic nitrogens is 1. The summed E-state index contributed by atoms with van der Waals surface area (Å²) in [5, 5.41) is 0.659. The molecule has 116 valence electrons. The maximum absolute atomic E-state index is 12.8. The Morgan fingerprint density at radius 1 is 1.13 bits per heavy atom. The van der Waals surface area contributed by atoms with Crippen molar-refractivity contribution in [1.29, 1.82) is 0 Å². The van der Waals surface area contributed by atoms with Crippen LogP contribution in [-0.2, 0) is 0 Å². The number of para-hydroxylation sites is 1. The molecule has 0 saturated heterocycles. The summed E-state index contributed by atoms with van der Waals surface area (Å²) >= 11 is 0. The molecule has 0 radical (unpaired) electrons. The zero-order valence-electron chi connectivity index (χ0n) is 12.4. The van der Waals surface area contributed by atoms with E-state index in [1.807, 2.05) is 6.07 Å². The number of benzene rings is 2. The number of carbonyl (C=O) groups excluding carboxylic acids is 2. The Hall–Kier alpha value is -3.12. The van der Waals surface area contributed by atoms with Crippen molar-refractivity contribution in [2.24, 2.45) is 5.84 Å². The number of hydrogen-bond acceptors (Lipinski definition) is 4. The number of fused-ring (bicyclic) bond motifs is 1. The highest BCUT2D eigenvalue weighted by Gasteiger charge is 2.18. The fourth-order valence-electron chi connectivity index (χ4n) is 2.50. The number of nitrogens with one attached hydrogen (secondary N) is 1. The molecule has 0 saturated carbocycles. The van der Waals surface area contributed by atoms with Crippen LogP contribution in [0.3, 0.4) is 0 Å². The van der Waals surface area contributed by atoms with E-state index in [4.69, 9.17) is 10.6 Å². The molecule has 0 atom stereocenters. The quantitative estimate of drug-likeness (QED) is 0.440. The Morgan fingerprint density at radius 3 is 2.65 bits per heavy atom. The normalized spacial score (nSPS) is 10.5. The first-order chi connectivity index (χ1) is 11.2. The van der Waals surface area contributed by atoms with Crippen LogP contribution in [0.5, 0.6) is 5.75 Å². The third-order valence-electron chi connectivity index (χ3n) is 3.62. The minimum Gasteiger partial charge on any atom is -0.497 e. The number of carbonyl (C=O) groups is 2. The van der Waals surface area contributed by atoms with Crippen LogP contribution < -0.4 is 16.0 Å². The summed E-state index contributed by atoms with van der Waals surface area (Å²) in [6.45, 7) is 0. The molecule has 0 aliphatic heterocycles. The lowest BCUT2D eigenvalue weighted by atomic mass is 10.1. The zero-order chi connectivity index (χ0) is 16.4. The lowest BCUT2D eigenvalue weighted by Crippen LogP contribution is -2.29. The molecule has 1 aromatic heterocycles. The van der Waals surface area contributed by atoms with Gasteiger partial charge in [-0.1, -0.05) is 24.3 Å². The Morgan fingerprint density at radius 2 is 1.91 bits per heavy atom. The summed E-state index contributed by atoms with van der Waals surface area (Å²) in [7, 11) is 1.54. The SMILES string of the molecule is COc1cccc(C(=O)n2cc(C(=O)NN)c3ccccc32)c1. The van der Waals surface area contributed by atoms with Crippen LogP contribution in [0.1, 0.15) is 20.7 Å². The first-order valence-electron chi connectivity index (χ1n) is 6.95. The smallest absolute Gasteiger partial charge is 0.267 e. The van der Waals surface area contributed by atoms with Gasteiger partial charge in [-0.3, -0.25) is 19.6 Å². The molecular weight excluding hydrogens is 294 g/mol. The Bertz CT molecular complexity index is 899.